The number of piperidine rings is 1. The Hall–Kier alpha value is -1.13. The zero-order chi connectivity index (χ0) is 12.4. The average Bonchev–Trinajstić information content (AvgIpc) is 2.31. The molecule has 1 aromatic rings. The summed E-state index contributed by atoms with van der Waals surface area (Å²) in [6, 6.07) is 3.98. The first-order chi connectivity index (χ1) is 8.08. The summed E-state index contributed by atoms with van der Waals surface area (Å²) in [7, 11) is 0. The van der Waals surface area contributed by atoms with E-state index in [2.05, 4.69) is 0 Å². The molecule has 1 saturated heterocycles. The van der Waals surface area contributed by atoms with Gasteiger partial charge in [0.1, 0.15) is 5.82 Å². The van der Waals surface area contributed by atoms with Crippen LogP contribution in [0.25, 0.3) is 0 Å². The second-order valence-corrected chi connectivity index (χ2v) is 4.71. The van der Waals surface area contributed by atoms with Crippen molar-refractivity contribution in [2.24, 2.45) is 5.73 Å². The molecule has 2 N–H and O–H groups in total. The number of hydrogen-bond acceptors (Lipinski definition) is 2. The molecule has 1 atom stereocenters. The Kier molecular flexibility index (Phi) is 3.64. The largest absolute Gasteiger partial charge is 0.337 e. The maximum atomic E-state index is 13.5. The molecule has 3 nitrogen and oxygen atoms in total. The van der Waals surface area contributed by atoms with E-state index in [1.54, 1.807) is 4.90 Å². The summed E-state index contributed by atoms with van der Waals surface area (Å²) in [5, 5.41) is 0.357. The summed E-state index contributed by atoms with van der Waals surface area (Å²) in [5.41, 5.74) is 5.82. The lowest BCUT2D eigenvalue weighted by Crippen LogP contribution is -2.45. The van der Waals surface area contributed by atoms with Gasteiger partial charge in [-0.3, -0.25) is 4.79 Å². The Morgan fingerprint density at radius 3 is 3.00 bits per heavy atom. The molecule has 1 amide bonds. The van der Waals surface area contributed by atoms with Gasteiger partial charge in [-0.05, 0) is 31.0 Å². The van der Waals surface area contributed by atoms with Gasteiger partial charge in [0.05, 0.1) is 5.56 Å². The van der Waals surface area contributed by atoms with Crippen LogP contribution < -0.4 is 5.73 Å². The first-order valence-electron chi connectivity index (χ1n) is 5.58. The molecule has 0 aliphatic carbocycles. The fraction of sp³-hybridized carbons (Fsp3) is 0.417. The first-order valence-corrected chi connectivity index (χ1v) is 5.95. The van der Waals surface area contributed by atoms with Crippen LogP contribution in [0.2, 0.25) is 5.02 Å². The van der Waals surface area contributed by atoms with E-state index < -0.39 is 5.82 Å². The molecular formula is C12H14ClFN2O. The molecule has 0 spiro atoms. The van der Waals surface area contributed by atoms with Crippen molar-refractivity contribution < 1.29 is 9.18 Å². The summed E-state index contributed by atoms with van der Waals surface area (Å²) in [6.45, 7) is 1.10. The van der Waals surface area contributed by atoms with Gasteiger partial charge in [0.15, 0.2) is 0 Å². The van der Waals surface area contributed by atoms with Crippen LogP contribution in [0.15, 0.2) is 18.2 Å². The van der Waals surface area contributed by atoms with Gasteiger partial charge in [-0.1, -0.05) is 11.6 Å². The summed E-state index contributed by atoms with van der Waals surface area (Å²) in [6.07, 6.45) is 1.76. The molecule has 1 fully saturated rings. The number of nitrogens with two attached hydrogens (primary N) is 1. The molecule has 17 heavy (non-hydrogen) atoms. The van der Waals surface area contributed by atoms with Crippen LogP contribution in [0.3, 0.4) is 0 Å². The summed E-state index contributed by atoms with van der Waals surface area (Å²) in [5.74, 6) is -0.876. The third-order valence-corrected chi connectivity index (χ3v) is 3.14. The van der Waals surface area contributed by atoms with Crippen LogP contribution in [-0.4, -0.2) is 29.9 Å². The molecule has 1 aliphatic rings. The van der Waals surface area contributed by atoms with Gasteiger partial charge in [0.2, 0.25) is 0 Å². The highest BCUT2D eigenvalue weighted by atomic mass is 35.5. The summed E-state index contributed by atoms with van der Waals surface area (Å²) in [4.78, 5) is 13.7. The van der Waals surface area contributed by atoms with E-state index >= 15 is 0 Å². The van der Waals surface area contributed by atoms with E-state index in [0.717, 1.165) is 12.8 Å². The van der Waals surface area contributed by atoms with Gasteiger partial charge in [0, 0.05) is 24.2 Å². The number of carbonyl (C=O) groups is 1. The number of benzene rings is 1. The predicted octanol–water partition coefficient (Wildman–Crippen LogP) is 2.04. The van der Waals surface area contributed by atoms with Crippen molar-refractivity contribution in [2.75, 3.05) is 13.1 Å². The number of amides is 1. The highest BCUT2D eigenvalue weighted by Crippen LogP contribution is 2.18. The molecule has 2 rings (SSSR count). The van der Waals surface area contributed by atoms with Crippen molar-refractivity contribution >= 4 is 17.5 Å². The lowest BCUT2D eigenvalue weighted by atomic mass is 10.1. The van der Waals surface area contributed by atoms with Crippen LogP contribution in [-0.2, 0) is 0 Å². The summed E-state index contributed by atoms with van der Waals surface area (Å²) >= 11 is 5.77. The van der Waals surface area contributed by atoms with Crippen molar-refractivity contribution in [3.05, 3.63) is 34.6 Å². The average molecular weight is 257 g/mol. The van der Waals surface area contributed by atoms with Crippen LogP contribution in [0, 0.1) is 5.82 Å². The molecule has 1 aliphatic heterocycles. The van der Waals surface area contributed by atoms with Gasteiger partial charge in [-0.25, -0.2) is 4.39 Å². The van der Waals surface area contributed by atoms with Gasteiger partial charge >= 0.3 is 0 Å². The zero-order valence-electron chi connectivity index (χ0n) is 9.33. The Bertz CT molecular complexity index is 439. The minimum Gasteiger partial charge on any atom is -0.337 e. The number of rotatable bonds is 1. The molecule has 0 aromatic heterocycles. The Balaban J connectivity index is 2.21. The van der Waals surface area contributed by atoms with Crippen LogP contribution in [0.1, 0.15) is 23.2 Å². The quantitative estimate of drug-likeness (QED) is 0.836. The number of carbonyl (C=O) groups excluding carboxylic acids is 1. The van der Waals surface area contributed by atoms with Gasteiger partial charge in [-0.15, -0.1) is 0 Å². The Labute approximate surface area is 104 Å². The third kappa shape index (κ3) is 2.76. The number of likely N-dealkylation sites (tertiary alicyclic amines) is 1. The van der Waals surface area contributed by atoms with Crippen molar-refractivity contribution in [3.8, 4) is 0 Å². The second-order valence-electron chi connectivity index (χ2n) is 4.28. The lowest BCUT2D eigenvalue weighted by Gasteiger charge is -2.30. The van der Waals surface area contributed by atoms with Crippen molar-refractivity contribution in [1.82, 2.24) is 4.90 Å². The fourth-order valence-electron chi connectivity index (χ4n) is 2.03. The molecular weight excluding hydrogens is 243 g/mol. The molecule has 5 heteroatoms. The molecule has 0 radical (unpaired) electrons. The Morgan fingerprint density at radius 1 is 1.53 bits per heavy atom. The molecule has 0 unspecified atom stereocenters. The van der Waals surface area contributed by atoms with Gasteiger partial charge in [0.25, 0.3) is 5.91 Å². The van der Waals surface area contributed by atoms with Crippen molar-refractivity contribution in [1.29, 1.82) is 0 Å². The van der Waals surface area contributed by atoms with E-state index in [1.165, 1.54) is 18.2 Å². The standard InChI is InChI=1S/C12H14ClFN2O/c13-8-3-4-11(14)10(6-8)12(17)16-5-1-2-9(15)7-16/h3-4,6,9H,1-2,5,7,15H2/t9-/m1/s1. The topological polar surface area (TPSA) is 46.3 Å². The zero-order valence-corrected chi connectivity index (χ0v) is 10.1. The highest BCUT2D eigenvalue weighted by molar-refractivity contribution is 6.31. The summed E-state index contributed by atoms with van der Waals surface area (Å²) < 4.78 is 13.5. The van der Waals surface area contributed by atoms with Gasteiger partial charge in [-0.2, -0.15) is 0 Å². The van der Waals surface area contributed by atoms with E-state index in [4.69, 9.17) is 17.3 Å². The van der Waals surface area contributed by atoms with E-state index in [0.29, 0.717) is 18.1 Å². The molecule has 92 valence electrons. The molecule has 1 aromatic carbocycles. The van der Waals surface area contributed by atoms with Crippen molar-refractivity contribution in [2.45, 2.75) is 18.9 Å². The monoisotopic (exact) mass is 256 g/mol. The Morgan fingerprint density at radius 2 is 2.29 bits per heavy atom. The molecule has 0 bridgehead atoms. The van der Waals surface area contributed by atoms with E-state index in [1.807, 2.05) is 0 Å². The minimum atomic E-state index is -0.543. The SMILES string of the molecule is N[C@@H]1CCCN(C(=O)c2cc(Cl)ccc2F)C1. The maximum absolute atomic E-state index is 13.5. The smallest absolute Gasteiger partial charge is 0.256 e. The van der Waals surface area contributed by atoms with E-state index in [9.17, 15) is 9.18 Å². The first kappa shape index (κ1) is 12.3. The number of nitrogens with zero attached hydrogens (tertiary/aromatic N) is 1. The third-order valence-electron chi connectivity index (χ3n) is 2.90. The number of halogens is 2. The normalized spacial score (nSPS) is 20.4. The van der Waals surface area contributed by atoms with E-state index in [-0.39, 0.29) is 17.5 Å². The van der Waals surface area contributed by atoms with Crippen LogP contribution in [0.5, 0.6) is 0 Å². The maximum Gasteiger partial charge on any atom is 0.256 e. The minimum absolute atomic E-state index is 0.0186. The van der Waals surface area contributed by atoms with Gasteiger partial charge < -0.3 is 10.6 Å². The van der Waals surface area contributed by atoms with Crippen LogP contribution in [0.4, 0.5) is 4.39 Å². The highest BCUT2D eigenvalue weighted by Gasteiger charge is 2.24. The lowest BCUT2D eigenvalue weighted by molar-refractivity contribution is 0.0704. The molecule has 1 heterocycles. The fourth-order valence-corrected chi connectivity index (χ4v) is 2.20. The molecule has 0 saturated carbocycles. The second kappa shape index (κ2) is 5.02. The number of hydrogen-bond donors (Lipinski definition) is 1. The predicted molar refractivity (Wildman–Crippen MR) is 64.5 cm³/mol. The van der Waals surface area contributed by atoms with Crippen LogP contribution >= 0.6 is 11.6 Å². The van der Waals surface area contributed by atoms with Crippen molar-refractivity contribution in [3.63, 3.8) is 0 Å².